The van der Waals surface area contributed by atoms with Gasteiger partial charge in [0.15, 0.2) is 0 Å². The minimum Gasteiger partial charge on any atom is -0.463 e. The van der Waals surface area contributed by atoms with Crippen LogP contribution < -0.4 is 0 Å². The number of carbonyl (C=O) groups excluding carboxylic acids is 1. The van der Waals surface area contributed by atoms with Gasteiger partial charge in [0, 0.05) is 5.20 Å². The highest BCUT2D eigenvalue weighted by Gasteiger charge is 2.02. The number of carbonyl (C=O) groups is 1. The van der Waals surface area contributed by atoms with E-state index in [2.05, 4.69) is 6.58 Å². The predicted molar refractivity (Wildman–Crippen MR) is 40.2 cm³/mol. The average molecular weight is 144 g/mol. The Morgan fingerprint density at radius 1 is 1.78 bits per heavy atom. The van der Waals surface area contributed by atoms with Crippen molar-refractivity contribution >= 4 is 15.5 Å². The molecule has 0 N–H and O–H groups in total. The van der Waals surface area contributed by atoms with Crippen molar-refractivity contribution in [2.75, 3.05) is 6.61 Å². The largest absolute Gasteiger partial charge is 0.463 e. The molecule has 0 unspecified atom stereocenters. The van der Waals surface area contributed by atoms with E-state index in [0.717, 1.165) is 0 Å². The molecular weight excluding hydrogens is 132 g/mol. The summed E-state index contributed by atoms with van der Waals surface area (Å²) in [6, 6.07) is 0. The number of hydrogen-bond acceptors (Lipinski definition) is 2. The van der Waals surface area contributed by atoms with Crippen LogP contribution in [0.15, 0.2) is 11.8 Å². The van der Waals surface area contributed by atoms with Crippen molar-refractivity contribution in [1.29, 1.82) is 0 Å². The van der Waals surface area contributed by atoms with E-state index in [1.807, 2.05) is 6.55 Å². The summed E-state index contributed by atoms with van der Waals surface area (Å²) in [5, 5.41) is 0.678. The molecule has 3 heteroatoms. The number of esters is 1. The highest BCUT2D eigenvalue weighted by molar-refractivity contribution is 6.51. The first-order valence-corrected chi connectivity index (χ1v) is 5.19. The van der Waals surface area contributed by atoms with Gasteiger partial charge in [0.25, 0.3) is 0 Å². The third kappa shape index (κ3) is 3.08. The lowest BCUT2D eigenvalue weighted by Crippen LogP contribution is -2.09. The smallest absolute Gasteiger partial charge is 0.328 e. The Bertz CT molecular complexity index is 120. The van der Waals surface area contributed by atoms with Crippen LogP contribution in [0, 0.1) is 0 Å². The summed E-state index contributed by atoms with van der Waals surface area (Å²) in [7, 11) is -0.398. The molecule has 9 heavy (non-hydrogen) atoms. The third-order valence-electron chi connectivity index (χ3n) is 0.991. The van der Waals surface area contributed by atoms with Crippen LogP contribution in [-0.2, 0) is 9.53 Å². The molecule has 0 heterocycles. The topological polar surface area (TPSA) is 26.3 Å². The Kier molecular flexibility index (Phi) is 4.04. The molecule has 0 saturated heterocycles. The van der Waals surface area contributed by atoms with E-state index < -0.39 is 9.52 Å². The Labute approximate surface area is 57.7 Å². The predicted octanol–water partition coefficient (Wildman–Crippen LogP) is 0.280. The van der Waals surface area contributed by atoms with Gasteiger partial charge in [-0.25, -0.2) is 4.79 Å². The van der Waals surface area contributed by atoms with Crippen molar-refractivity contribution in [2.24, 2.45) is 0 Å². The highest BCUT2D eigenvalue weighted by Crippen LogP contribution is 1.90. The second-order valence-corrected chi connectivity index (χ2v) is 3.24. The molecule has 0 amide bonds. The van der Waals surface area contributed by atoms with E-state index in [-0.39, 0.29) is 5.97 Å². The van der Waals surface area contributed by atoms with Crippen molar-refractivity contribution in [1.82, 2.24) is 0 Å². The second kappa shape index (κ2) is 4.32. The maximum atomic E-state index is 10.7. The van der Waals surface area contributed by atoms with Crippen LogP contribution in [0.25, 0.3) is 0 Å². The summed E-state index contributed by atoms with van der Waals surface area (Å²) in [5.74, 6) is -0.216. The van der Waals surface area contributed by atoms with Crippen molar-refractivity contribution in [3.8, 4) is 0 Å². The number of ether oxygens (including phenoxy) is 1. The molecule has 0 bridgehead atoms. The summed E-state index contributed by atoms with van der Waals surface area (Å²) < 4.78 is 4.69. The molecule has 0 saturated carbocycles. The molecule has 0 aromatic rings. The molecule has 0 fully saturated rings. The Balaban J connectivity index is 3.60. The molecule has 0 atom stereocenters. The van der Waals surface area contributed by atoms with Crippen LogP contribution >= 0.6 is 0 Å². The molecule has 0 aromatic carbocycles. The molecule has 0 radical (unpaired) electrons. The van der Waals surface area contributed by atoms with Crippen molar-refractivity contribution in [3.05, 3.63) is 11.8 Å². The van der Waals surface area contributed by atoms with Gasteiger partial charge >= 0.3 is 5.97 Å². The second-order valence-electron chi connectivity index (χ2n) is 1.68. The van der Waals surface area contributed by atoms with Gasteiger partial charge in [0.05, 0.1) is 16.1 Å². The lowest BCUT2D eigenvalue weighted by Gasteiger charge is -1.99. The maximum absolute atomic E-state index is 10.7. The number of hydrogen-bond donors (Lipinski definition) is 0. The van der Waals surface area contributed by atoms with Crippen LogP contribution in [0.1, 0.15) is 6.92 Å². The first-order chi connectivity index (χ1) is 4.22. The standard InChI is InChI=1S/C6H12O2Si/c1-4-8-6(7)5(2)9-3/h2,4,9H2,1,3H3. The fourth-order valence-corrected chi connectivity index (χ4v) is 0.768. The van der Waals surface area contributed by atoms with Crippen LogP contribution in [0.2, 0.25) is 6.55 Å². The Hall–Kier alpha value is -0.573. The third-order valence-corrected chi connectivity index (χ3v) is 2.13. The van der Waals surface area contributed by atoms with Gasteiger partial charge in [-0.15, -0.1) is 0 Å². The van der Waals surface area contributed by atoms with Crippen molar-refractivity contribution < 1.29 is 9.53 Å². The van der Waals surface area contributed by atoms with E-state index in [0.29, 0.717) is 11.8 Å². The minimum atomic E-state index is -0.398. The average Bonchev–Trinajstić information content (AvgIpc) is 1.87. The number of rotatable bonds is 3. The van der Waals surface area contributed by atoms with Gasteiger partial charge in [0.1, 0.15) is 0 Å². The van der Waals surface area contributed by atoms with Crippen LogP contribution in [0.5, 0.6) is 0 Å². The van der Waals surface area contributed by atoms with Gasteiger partial charge < -0.3 is 4.74 Å². The molecule has 52 valence electrons. The molecule has 0 rings (SSSR count). The van der Waals surface area contributed by atoms with E-state index in [4.69, 9.17) is 4.74 Å². The normalized spacial score (nSPS) is 10.0. The summed E-state index contributed by atoms with van der Waals surface area (Å²) in [5.41, 5.74) is 0. The SMILES string of the molecule is C=C([SiH2]C)C(=O)OCC. The van der Waals surface area contributed by atoms with Crippen LogP contribution in [0.4, 0.5) is 0 Å². The van der Waals surface area contributed by atoms with Gasteiger partial charge in [-0.2, -0.15) is 0 Å². The first-order valence-electron chi connectivity index (χ1n) is 3.07. The van der Waals surface area contributed by atoms with Gasteiger partial charge in [0.2, 0.25) is 0 Å². The summed E-state index contributed by atoms with van der Waals surface area (Å²) in [6.07, 6.45) is 0. The Morgan fingerprint density at radius 3 is 2.67 bits per heavy atom. The van der Waals surface area contributed by atoms with Gasteiger partial charge in [-0.3, -0.25) is 0 Å². The lowest BCUT2D eigenvalue weighted by molar-refractivity contribution is -0.137. The maximum Gasteiger partial charge on any atom is 0.328 e. The van der Waals surface area contributed by atoms with Gasteiger partial charge in [-0.1, -0.05) is 13.1 Å². The summed E-state index contributed by atoms with van der Waals surface area (Å²) in [6.45, 7) is 7.84. The molecule has 0 aromatic heterocycles. The highest BCUT2D eigenvalue weighted by atomic mass is 28.2. The molecule has 0 spiro atoms. The van der Waals surface area contributed by atoms with Crippen LogP contribution in [-0.4, -0.2) is 22.1 Å². The zero-order valence-electron chi connectivity index (χ0n) is 5.94. The summed E-state index contributed by atoms with van der Waals surface area (Å²) >= 11 is 0. The van der Waals surface area contributed by atoms with E-state index in [9.17, 15) is 4.79 Å². The molecule has 2 nitrogen and oxygen atoms in total. The van der Waals surface area contributed by atoms with Crippen LogP contribution in [0.3, 0.4) is 0 Å². The zero-order valence-corrected chi connectivity index (χ0v) is 7.35. The minimum absolute atomic E-state index is 0.216. The molecule has 0 aliphatic rings. The molecular formula is C6H12O2Si. The van der Waals surface area contributed by atoms with Crippen molar-refractivity contribution in [2.45, 2.75) is 13.5 Å². The van der Waals surface area contributed by atoms with Gasteiger partial charge in [-0.05, 0) is 6.92 Å². The van der Waals surface area contributed by atoms with Crippen molar-refractivity contribution in [3.63, 3.8) is 0 Å². The lowest BCUT2D eigenvalue weighted by atomic mass is 10.6. The van der Waals surface area contributed by atoms with E-state index in [1.54, 1.807) is 6.92 Å². The Morgan fingerprint density at radius 2 is 2.33 bits per heavy atom. The molecule has 0 aliphatic heterocycles. The monoisotopic (exact) mass is 144 g/mol. The first kappa shape index (κ1) is 8.43. The fraction of sp³-hybridized carbons (Fsp3) is 0.500. The fourth-order valence-electron chi connectivity index (χ4n) is 0.377. The quantitative estimate of drug-likeness (QED) is 0.323. The van der Waals surface area contributed by atoms with E-state index in [1.165, 1.54) is 0 Å². The van der Waals surface area contributed by atoms with E-state index >= 15 is 0 Å². The molecule has 0 aliphatic carbocycles. The summed E-state index contributed by atoms with van der Waals surface area (Å²) in [4.78, 5) is 10.7. The zero-order chi connectivity index (χ0) is 7.28.